The number of carbonyl (C=O) groups excluding carboxylic acids is 1. The largest absolute Gasteiger partial charge is 0.335 e. The Labute approximate surface area is 160 Å². The second-order valence-corrected chi connectivity index (χ2v) is 9.74. The third-order valence-electron chi connectivity index (χ3n) is 5.31. The number of piperidine rings is 1. The lowest BCUT2D eigenvalue weighted by Gasteiger charge is -2.35. The van der Waals surface area contributed by atoms with E-state index in [1.54, 1.807) is 17.0 Å². The SMILES string of the molecule is C[C@@H]1CCC[NH+](CC(=O)N2CCN(S(=O)(=O)c3ccc(Cl)cc3)CC2)C1. The first-order valence-corrected chi connectivity index (χ1v) is 11.0. The number of hydrogen-bond donors (Lipinski definition) is 1. The highest BCUT2D eigenvalue weighted by Crippen LogP contribution is 2.19. The van der Waals surface area contributed by atoms with E-state index in [1.165, 1.54) is 34.2 Å². The van der Waals surface area contributed by atoms with E-state index in [4.69, 9.17) is 11.6 Å². The lowest BCUT2D eigenvalue weighted by Crippen LogP contribution is -3.14. The molecule has 8 heteroatoms. The van der Waals surface area contributed by atoms with E-state index in [2.05, 4.69) is 6.92 Å². The molecule has 2 fully saturated rings. The van der Waals surface area contributed by atoms with Crippen LogP contribution in [0.4, 0.5) is 0 Å². The zero-order valence-electron chi connectivity index (χ0n) is 15.2. The van der Waals surface area contributed by atoms with Crippen molar-refractivity contribution in [2.24, 2.45) is 5.92 Å². The van der Waals surface area contributed by atoms with Gasteiger partial charge in [-0.2, -0.15) is 4.31 Å². The summed E-state index contributed by atoms with van der Waals surface area (Å²) in [5.41, 5.74) is 0. The number of piperazine rings is 1. The summed E-state index contributed by atoms with van der Waals surface area (Å²) in [6.07, 6.45) is 2.43. The predicted molar refractivity (Wildman–Crippen MR) is 101 cm³/mol. The summed E-state index contributed by atoms with van der Waals surface area (Å²) in [6.45, 7) is 6.45. The van der Waals surface area contributed by atoms with Crippen molar-refractivity contribution in [3.63, 3.8) is 0 Å². The fourth-order valence-corrected chi connectivity index (χ4v) is 5.37. The molecule has 2 aliphatic rings. The summed E-state index contributed by atoms with van der Waals surface area (Å²) >= 11 is 5.84. The van der Waals surface area contributed by atoms with Gasteiger partial charge in [-0.15, -0.1) is 0 Å². The van der Waals surface area contributed by atoms with Crippen LogP contribution in [0.25, 0.3) is 0 Å². The van der Waals surface area contributed by atoms with E-state index >= 15 is 0 Å². The quantitative estimate of drug-likeness (QED) is 0.800. The van der Waals surface area contributed by atoms with Gasteiger partial charge in [-0.1, -0.05) is 18.5 Å². The summed E-state index contributed by atoms with van der Waals surface area (Å²) in [7, 11) is -3.53. The number of halogens is 1. The van der Waals surface area contributed by atoms with Crippen molar-refractivity contribution >= 4 is 27.5 Å². The molecule has 0 spiro atoms. The Bertz CT molecular complexity index is 731. The van der Waals surface area contributed by atoms with Crippen molar-refractivity contribution in [3.05, 3.63) is 29.3 Å². The molecule has 2 heterocycles. The van der Waals surface area contributed by atoms with Gasteiger partial charge in [0.05, 0.1) is 18.0 Å². The monoisotopic (exact) mass is 400 g/mol. The standard InChI is InChI=1S/C18H26ClN3O3S/c1-15-3-2-8-20(13-15)14-18(23)21-9-11-22(12-10-21)26(24,25)17-6-4-16(19)5-7-17/h4-7,15H,2-3,8-14H2,1H3/p+1/t15-/m1/s1. The van der Waals surface area contributed by atoms with Crippen molar-refractivity contribution < 1.29 is 18.1 Å². The molecule has 1 aromatic rings. The number of quaternary nitrogens is 1. The van der Waals surface area contributed by atoms with E-state index in [9.17, 15) is 13.2 Å². The highest BCUT2D eigenvalue weighted by Gasteiger charge is 2.31. The molecular formula is C18H27ClN3O3S+. The second-order valence-electron chi connectivity index (χ2n) is 7.37. The first kappa shape index (κ1) is 19.6. The molecule has 0 bridgehead atoms. The molecule has 1 aromatic carbocycles. The van der Waals surface area contributed by atoms with Gasteiger partial charge in [0.25, 0.3) is 5.91 Å². The van der Waals surface area contributed by atoms with Gasteiger partial charge in [0.2, 0.25) is 10.0 Å². The maximum Gasteiger partial charge on any atom is 0.277 e. The zero-order chi connectivity index (χ0) is 18.7. The Morgan fingerprint density at radius 2 is 1.85 bits per heavy atom. The fourth-order valence-electron chi connectivity index (χ4n) is 3.82. The molecule has 1 amide bonds. The van der Waals surface area contributed by atoms with Crippen molar-refractivity contribution in [1.82, 2.24) is 9.21 Å². The summed E-state index contributed by atoms with van der Waals surface area (Å²) < 4.78 is 26.9. The third kappa shape index (κ3) is 4.57. The maximum absolute atomic E-state index is 12.7. The van der Waals surface area contributed by atoms with Crippen LogP contribution in [0.5, 0.6) is 0 Å². The number of nitrogens with one attached hydrogen (secondary N) is 1. The Hall–Kier alpha value is -1.15. The molecule has 6 nitrogen and oxygen atoms in total. The van der Waals surface area contributed by atoms with Crippen LogP contribution in [0.15, 0.2) is 29.2 Å². The van der Waals surface area contributed by atoms with Crippen molar-refractivity contribution in [2.75, 3.05) is 45.8 Å². The number of amides is 1. The number of likely N-dealkylation sites (tertiary alicyclic amines) is 1. The molecule has 1 N–H and O–H groups in total. The number of benzene rings is 1. The Morgan fingerprint density at radius 1 is 1.19 bits per heavy atom. The molecule has 1 unspecified atom stereocenters. The van der Waals surface area contributed by atoms with Gasteiger partial charge in [-0.3, -0.25) is 4.79 Å². The molecule has 3 rings (SSSR count). The van der Waals surface area contributed by atoms with E-state index in [0.29, 0.717) is 43.7 Å². The highest BCUT2D eigenvalue weighted by molar-refractivity contribution is 7.89. The minimum absolute atomic E-state index is 0.137. The lowest BCUT2D eigenvalue weighted by molar-refractivity contribution is -0.900. The fraction of sp³-hybridized carbons (Fsp3) is 0.611. The highest BCUT2D eigenvalue weighted by atomic mass is 35.5. The zero-order valence-corrected chi connectivity index (χ0v) is 16.7. The van der Waals surface area contributed by atoms with Crippen LogP contribution < -0.4 is 4.90 Å². The number of sulfonamides is 1. The maximum atomic E-state index is 12.7. The van der Waals surface area contributed by atoms with Gasteiger partial charge in [0, 0.05) is 37.1 Å². The first-order valence-electron chi connectivity index (χ1n) is 9.23. The number of hydrogen-bond acceptors (Lipinski definition) is 3. The minimum Gasteiger partial charge on any atom is -0.335 e. The van der Waals surface area contributed by atoms with Gasteiger partial charge in [-0.05, 0) is 37.1 Å². The Morgan fingerprint density at radius 3 is 2.46 bits per heavy atom. The Balaban J connectivity index is 1.55. The van der Waals surface area contributed by atoms with Gasteiger partial charge in [0.1, 0.15) is 0 Å². The van der Waals surface area contributed by atoms with E-state index in [0.717, 1.165) is 13.1 Å². The van der Waals surface area contributed by atoms with Crippen molar-refractivity contribution in [3.8, 4) is 0 Å². The summed E-state index contributed by atoms with van der Waals surface area (Å²) in [4.78, 5) is 16.0. The molecule has 2 saturated heterocycles. The van der Waals surface area contributed by atoms with E-state index in [-0.39, 0.29) is 10.8 Å². The molecule has 0 saturated carbocycles. The predicted octanol–water partition coefficient (Wildman–Crippen LogP) is 0.488. The Kier molecular flexibility index (Phi) is 6.22. The summed E-state index contributed by atoms with van der Waals surface area (Å²) in [5.74, 6) is 0.811. The van der Waals surface area contributed by atoms with Crippen LogP contribution in [0.1, 0.15) is 19.8 Å². The summed E-state index contributed by atoms with van der Waals surface area (Å²) in [6, 6.07) is 6.21. The summed E-state index contributed by atoms with van der Waals surface area (Å²) in [5, 5.41) is 0.508. The van der Waals surface area contributed by atoms with Gasteiger partial charge < -0.3 is 9.80 Å². The van der Waals surface area contributed by atoms with Crippen LogP contribution in [-0.4, -0.2) is 69.3 Å². The lowest BCUT2D eigenvalue weighted by atomic mass is 10.0. The molecule has 0 aromatic heterocycles. The average Bonchev–Trinajstić information content (AvgIpc) is 2.62. The van der Waals surface area contributed by atoms with Gasteiger partial charge in [-0.25, -0.2) is 8.42 Å². The average molecular weight is 401 g/mol. The topological polar surface area (TPSA) is 62.1 Å². The van der Waals surface area contributed by atoms with Crippen LogP contribution in [0.3, 0.4) is 0 Å². The normalized spacial score (nSPS) is 25.2. The second kappa shape index (κ2) is 8.25. The van der Waals surface area contributed by atoms with E-state index < -0.39 is 10.0 Å². The number of carbonyl (C=O) groups is 1. The molecule has 144 valence electrons. The minimum atomic E-state index is -3.53. The molecule has 2 atom stereocenters. The molecular weight excluding hydrogens is 374 g/mol. The smallest absolute Gasteiger partial charge is 0.277 e. The molecule has 0 radical (unpaired) electrons. The van der Waals surface area contributed by atoms with Gasteiger partial charge >= 0.3 is 0 Å². The molecule has 26 heavy (non-hydrogen) atoms. The molecule has 0 aliphatic carbocycles. The van der Waals surface area contributed by atoms with Crippen LogP contribution in [-0.2, 0) is 14.8 Å². The van der Waals surface area contributed by atoms with Crippen molar-refractivity contribution in [2.45, 2.75) is 24.7 Å². The number of rotatable bonds is 4. The van der Waals surface area contributed by atoms with Crippen LogP contribution in [0, 0.1) is 5.92 Å². The van der Waals surface area contributed by atoms with Crippen LogP contribution in [0.2, 0.25) is 5.02 Å². The van der Waals surface area contributed by atoms with E-state index in [1.807, 2.05) is 0 Å². The third-order valence-corrected chi connectivity index (χ3v) is 7.47. The molecule has 2 aliphatic heterocycles. The van der Waals surface area contributed by atoms with Crippen LogP contribution >= 0.6 is 11.6 Å². The first-order chi connectivity index (χ1) is 12.4. The van der Waals surface area contributed by atoms with Gasteiger partial charge in [0.15, 0.2) is 6.54 Å². The van der Waals surface area contributed by atoms with Crippen molar-refractivity contribution in [1.29, 1.82) is 0 Å². The number of nitrogens with zero attached hydrogens (tertiary/aromatic N) is 2.